The van der Waals surface area contributed by atoms with E-state index in [1.807, 2.05) is 54.6 Å². The molecule has 1 atom stereocenters. The average molecular weight is 212 g/mol. The molecule has 0 saturated carbocycles. The molecular formula is C14H12O2. The van der Waals surface area contributed by atoms with Crippen molar-refractivity contribution in [2.45, 2.75) is 12.4 Å². The summed E-state index contributed by atoms with van der Waals surface area (Å²) in [6, 6.07) is 17.2. The van der Waals surface area contributed by atoms with Crippen LogP contribution in [0, 0.1) is 0 Å². The van der Waals surface area contributed by atoms with E-state index in [-0.39, 0.29) is 0 Å². The molecule has 0 aliphatic carbocycles. The van der Waals surface area contributed by atoms with Crippen molar-refractivity contribution in [1.29, 1.82) is 0 Å². The van der Waals surface area contributed by atoms with Crippen molar-refractivity contribution in [1.82, 2.24) is 0 Å². The van der Waals surface area contributed by atoms with Gasteiger partial charge in [0.05, 0.1) is 6.61 Å². The van der Waals surface area contributed by atoms with Crippen molar-refractivity contribution < 1.29 is 9.84 Å². The number of fused-ring (bicyclic) bond motifs is 1. The summed E-state index contributed by atoms with van der Waals surface area (Å²) in [4.78, 5) is 0. The molecule has 0 amide bonds. The summed E-state index contributed by atoms with van der Waals surface area (Å²) in [7, 11) is 0. The molecule has 2 aromatic carbocycles. The maximum atomic E-state index is 10.6. The quantitative estimate of drug-likeness (QED) is 0.786. The van der Waals surface area contributed by atoms with E-state index in [0.717, 1.165) is 16.7 Å². The first-order chi connectivity index (χ1) is 7.81. The molecule has 0 fully saturated rings. The highest BCUT2D eigenvalue weighted by atomic mass is 16.6. The maximum Gasteiger partial charge on any atom is 0.220 e. The Morgan fingerprint density at radius 1 is 0.938 bits per heavy atom. The first-order valence-corrected chi connectivity index (χ1v) is 5.31. The van der Waals surface area contributed by atoms with Gasteiger partial charge in [0.1, 0.15) is 0 Å². The Morgan fingerprint density at radius 2 is 1.62 bits per heavy atom. The zero-order valence-corrected chi connectivity index (χ0v) is 8.76. The molecule has 1 N–H and O–H groups in total. The first-order valence-electron chi connectivity index (χ1n) is 5.31. The van der Waals surface area contributed by atoms with E-state index in [1.165, 1.54) is 0 Å². The molecule has 0 saturated heterocycles. The largest absolute Gasteiger partial charge is 0.358 e. The summed E-state index contributed by atoms with van der Waals surface area (Å²) >= 11 is 0. The molecule has 80 valence electrons. The molecule has 2 heteroatoms. The van der Waals surface area contributed by atoms with Gasteiger partial charge in [-0.05, 0) is 5.56 Å². The smallest absolute Gasteiger partial charge is 0.220 e. The standard InChI is InChI=1S/C14H12O2/c15-14(12-7-2-1-3-8-12)13-9-5-4-6-11(13)10-16-14/h1-9,15H,10H2. The van der Waals surface area contributed by atoms with Crippen LogP contribution in [-0.2, 0) is 17.1 Å². The summed E-state index contributed by atoms with van der Waals surface area (Å²) in [6.45, 7) is 0.460. The van der Waals surface area contributed by atoms with Crippen LogP contribution in [0.5, 0.6) is 0 Å². The molecule has 0 bridgehead atoms. The molecule has 1 heterocycles. The van der Waals surface area contributed by atoms with Crippen LogP contribution in [0.4, 0.5) is 0 Å². The van der Waals surface area contributed by atoms with Gasteiger partial charge < -0.3 is 9.84 Å². The van der Waals surface area contributed by atoms with E-state index in [9.17, 15) is 5.11 Å². The second kappa shape index (κ2) is 3.44. The van der Waals surface area contributed by atoms with E-state index in [4.69, 9.17) is 4.74 Å². The molecule has 1 aliphatic heterocycles. The fourth-order valence-corrected chi connectivity index (χ4v) is 2.14. The van der Waals surface area contributed by atoms with Gasteiger partial charge in [0, 0.05) is 11.1 Å². The van der Waals surface area contributed by atoms with Gasteiger partial charge in [-0.15, -0.1) is 0 Å². The number of ether oxygens (including phenoxy) is 1. The predicted octanol–water partition coefficient (Wildman–Crippen LogP) is 2.41. The van der Waals surface area contributed by atoms with Crippen LogP contribution in [0.15, 0.2) is 54.6 Å². The van der Waals surface area contributed by atoms with Gasteiger partial charge in [-0.1, -0.05) is 54.6 Å². The third kappa shape index (κ3) is 1.28. The SMILES string of the molecule is OC1(c2ccccc2)OCc2ccccc21. The van der Waals surface area contributed by atoms with Crippen LogP contribution in [0.3, 0.4) is 0 Å². The summed E-state index contributed by atoms with van der Waals surface area (Å²) < 4.78 is 5.55. The normalized spacial score (nSPS) is 23.1. The highest BCUT2D eigenvalue weighted by Crippen LogP contribution is 2.39. The van der Waals surface area contributed by atoms with Gasteiger partial charge in [0.25, 0.3) is 0 Å². The lowest BCUT2D eigenvalue weighted by Crippen LogP contribution is -2.25. The Labute approximate surface area is 94.1 Å². The maximum absolute atomic E-state index is 10.6. The zero-order valence-electron chi connectivity index (χ0n) is 8.76. The van der Waals surface area contributed by atoms with E-state index in [2.05, 4.69) is 0 Å². The monoisotopic (exact) mass is 212 g/mol. The Morgan fingerprint density at radius 3 is 2.44 bits per heavy atom. The Hall–Kier alpha value is -1.64. The topological polar surface area (TPSA) is 29.5 Å². The third-order valence-electron chi connectivity index (χ3n) is 2.98. The summed E-state index contributed by atoms with van der Waals surface area (Å²) in [6.07, 6.45) is 0. The van der Waals surface area contributed by atoms with Crippen LogP contribution in [-0.4, -0.2) is 5.11 Å². The molecule has 16 heavy (non-hydrogen) atoms. The van der Waals surface area contributed by atoms with Crippen LogP contribution in [0.25, 0.3) is 0 Å². The fourth-order valence-electron chi connectivity index (χ4n) is 2.14. The number of benzene rings is 2. The van der Waals surface area contributed by atoms with Gasteiger partial charge >= 0.3 is 0 Å². The van der Waals surface area contributed by atoms with Gasteiger partial charge in [-0.25, -0.2) is 0 Å². The Bertz CT molecular complexity index is 507. The molecule has 0 spiro atoms. The molecule has 1 unspecified atom stereocenters. The van der Waals surface area contributed by atoms with Gasteiger partial charge in [0.2, 0.25) is 5.79 Å². The molecule has 0 radical (unpaired) electrons. The lowest BCUT2D eigenvalue weighted by molar-refractivity contribution is -0.170. The van der Waals surface area contributed by atoms with Crippen LogP contribution < -0.4 is 0 Å². The minimum absolute atomic E-state index is 0.460. The van der Waals surface area contributed by atoms with Gasteiger partial charge in [0.15, 0.2) is 0 Å². The minimum Gasteiger partial charge on any atom is -0.358 e. The van der Waals surface area contributed by atoms with Crippen LogP contribution >= 0.6 is 0 Å². The van der Waals surface area contributed by atoms with E-state index in [0.29, 0.717) is 6.61 Å². The number of aliphatic hydroxyl groups is 1. The van der Waals surface area contributed by atoms with Crippen LogP contribution in [0.2, 0.25) is 0 Å². The average Bonchev–Trinajstić information content (AvgIpc) is 2.71. The Balaban J connectivity index is 2.15. The summed E-state index contributed by atoms with van der Waals surface area (Å²) in [5, 5.41) is 10.6. The van der Waals surface area contributed by atoms with E-state index < -0.39 is 5.79 Å². The van der Waals surface area contributed by atoms with Crippen molar-refractivity contribution in [3.63, 3.8) is 0 Å². The second-order valence-corrected chi connectivity index (χ2v) is 3.96. The van der Waals surface area contributed by atoms with Crippen molar-refractivity contribution in [2.24, 2.45) is 0 Å². The fraction of sp³-hybridized carbons (Fsp3) is 0.143. The molecular weight excluding hydrogens is 200 g/mol. The van der Waals surface area contributed by atoms with Crippen molar-refractivity contribution >= 4 is 0 Å². The first kappa shape index (κ1) is 9.58. The van der Waals surface area contributed by atoms with E-state index >= 15 is 0 Å². The molecule has 3 rings (SSSR count). The van der Waals surface area contributed by atoms with Crippen molar-refractivity contribution in [2.75, 3.05) is 0 Å². The summed E-state index contributed by atoms with van der Waals surface area (Å²) in [5.74, 6) is -1.28. The van der Waals surface area contributed by atoms with Crippen LogP contribution in [0.1, 0.15) is 16.7 Å². The third-order valence-corrected chi connectivity index (χ3v) is 2.98. The van der Waals surface area contributed by atoms with Gasteiger partial charge in [-0.3, -0.25) is 0 Å². The zero-order chi connectivity index (χ0) is 11.0. The van der Waals surface area contributed by atoms with Gasteiger partial charge in [-0.2, -0.15) is 0 Å². The van der Waals surface area contributed by atoms with Crippen molar-refractivity contribution in [3.05, 3.63) is 71.3 Å². The lowest BCUT2D eigenvalue weighted by Gasteiger charge is -2.23. The molecule has 2 aromatic rings. The minimum atomic E-state index is -1.28. The number of hydrogen-bond acceptors (Lipinski definition) is 2. The predicted molar refractivity (Wildman–Crippen MR) is 60.7 cm³/mol. The highest BCUT2D eigenvalue weighted by Gasteiger charge is 2.39. The number of rotatable bonds is 1. The number of hydrogen-bond donors (Lipinski definition) is 1. The molecule has 2 nitrogen and oxygen atoms in total. The molecule has 1 aliphatic rings. The van der Waals surface area contributed by atoms with Crippen molar-refractivity contribution in [3.8, 4) is 0 Å². The highest BCUT2D eigenvalue weighted by molar-refractivity contribution is 5.41. The summed E-state index contributed by atoms with van der Waals surface area (Å²) in [5.41, 5.74) is 2.68. The molecule has 0 aromatic heterocycles. The lowest BCUT2D eigenvalue weighted by atomic mass is 9.96. The Kier molecular flexibility index (Phi) is 2.06. The second-order valence-electron chi connectivity index (χ2n) is 3.96. The van der Waals surface area contributed by atoms with E-state index in [1.54, 1.807) is 0 Å².